The van der Waals surface area contributed by atoms with E-state index in [-0.39, 0.29) is 17.5 Å². The van der Waals surface area contributed by atoms with Crippen molar-refractivity contribution in [3.05, 3.63) is 28.2 Å². The largest absolute Gasteiger partial charge is 0.346 e. The second-order valence-corrected chi connectivity index (χ2v) is 6.25. The van der Waals surface area contributed by atoms with Crippen molar-refractivity contribution in [2.75, 3.05) is 13.1 Å². The fourth-order valence-corrected chi connectivity index (χ4v) is 3.60. The first kappa shape index (κ1) is 15.2. The molecule has 6 heteroatoms. The van der Waals surface area contributed by atoms with E-state index in [4.69, 9.17) is 0 Å². The zero-order chi connectivity index (χ0) is 15.5. The molecular weight excluding hydrogens is 280 g/mol. The van der Waals surface area contributed by atoms with Crippen LogP contribution in [0.4, 0.5) is 0 Å². The number of nitrogens with one attached hydrogen (secondary N) is 1. The molecule has 2 aliphatic rings. The highest BCUT2D eigenvalue weighted by atomic mass is 16.2. The molecule has 120 valence electrons. The van der Waals surface area contributed by atoms with Crippen LogP contribution in [0.25, 0.3) is 0 Å². The van der Waals surface area contributed by atoms with Gasteiger partial charge in [0.15, 0.2) is 0 Å². The van der Waals surface area contributed by atoms with Crippen molar-refractivity contribution in [3.8, 4) is 0 Å². The molecule has 2 fully saturated rings. The average molecular weight is 304 g/mol. The summed E-state index contributed by atoms with van der Waals surface area (Å²) in [7, 11) is 0. The summed E-state index contributed by atoms with van der Waals surface area (Å²) in [6.45, 7) is 4.74. The molecule has 0 bridgehead atoms. The summed E-state index contributed by atoms with van der Waals surface area (Å²) in [5.41, 5.74) is 0.181. The normalized spacial score (nSPS) is 25.0. The van der Waals surface area contributed by atoms with E-state index in [0.29, 0.717) is 18.3 Å². The maximum atomic E-state index is 12.4. The monoisotopic (exact) mass is 304 g/mol. The molecule has 0 spiro atoms. The van der Waals surface area contributed by atoms with Gasteiger partial charge in [0.05, 0.1) is 0 Å². The molecule has 2 saturated heterocycles. The highest BCUT2D eigenvalue weighted by Gasteiger charge is 2.36. The summed E-state index contributed by atoms with van der Waals surface area (Å²) in [5, 5.41) is 7.31. The van der Waals surface area contributed by atoms with Crippen LogP contribution < -0.4 is 10.9 Å². The van der Waals surface area contributed by atoms with Crippen LogP contribution in [-0.2, 0) is 6.54 Å². The van der Waals surface area contributed by atoms with Crippen LogP contribution in [0.3, 0.4) is 0 Å². The number of carbonyl (C=O) groups is 1. The number of aryl methyl sites for hydroxylation is 1. The Morgan fingerprint density at radius 2 is 2.18 bits per heavy atom. The molecule has 1 N–H and O–H groups in total. The van der Waals surface area contributed by atoms with Crippen molar-refractivity contribution in [3.63, 3.8) is 0 Å². The lowest BCUT2D eigenvalue weighted by Crippen LogP contribution is -2.47. The first-order valence-electron chi connectivity index (χ1n) is 8.32. The predicted octanol–water partition coefficient (Wildman–Crippen LogP) is 1.01. The first-order valence-corrected chi connectivity index (χ1v) is 8.32. The van der Waals surface area contributed by atoms with Gasteiger partial charge in [-0.2, -0.15) is 5.10 Å². The van der Waals surface area contributed by atoms with Crippen molar-refractivity contribution < 1.29 is 4.79 Å². The maximum absolute atomic E-state index is 12.4. The minimum absolute atomic E-state index is 0.155. The number of nitrogens with zero attached hydrogens (tertiary/aromatic N) is 3. The Labute approximate surface area is 130 Å². The van der Waals surface area contributed by atoms with E-state index in [1.54, 1.807) is 0 Å². The Morgan fingerprint density at radius 1 is 1.32 bits per heavy atom. The van der Waals surface area contributed by atoms with Gasteiger partial charge in [-0.3, -0.25) is 14.5 Å². The van der Waals surface area contributed by atoms with Crippen LogP contribution in [0.1, 0.15) is 49.5 Å². The molecule has 0 radical (unpaired) electrons. The van der Waals surface area contributed by atoms with Gasteiger partial charge in [-0.25, -0.2) is 4.68 Å². The Kier molecular flexibility index (Phi) is 4.57. The second-order valence-electron chi connectivity index (χ2n) is 6.25. The van der Waals surface area contributed by atoms with Crippen LogP contribution in [0.5, 0.6) is 0 Å². The lowest BCUT2D eigenvalue weighted by atomic mass is 9.99. The molecule has 22 heavy (non-hydrogen) atoms. The van der Waals surface area contributed by atoms with E-state index in [2.05, 4.69) is 15.3 Å². The Bertz CT molecular complexity index is 598. The SMILES string of the molecule is CCCn1nc(C(=O)N[C@H]2CCN3CCCC[C@H]23)ccc1=O. The fraction of sp³-hybridized carbons (Fsp3) is 0.688. The van der Waals surface area contributed by atoms with E-state index in [0.717, 1.165) is 32.4 Å². The number of hydrogen-bond acceptors (Lipinski definition) is 4. The van der Waals surface area contributed by atoms with E-state index >= 15 is 0 Å². The minimum Gasteiger partial charge on any atom is -0.346 e. The number of aromatic nitrogens is 2. The van der Waals surface area contributed by atoms with Gasteiger partial charge in [0.25, 0.3) is 11.5 Å². The van der Waals surface area contributed by atoms with Gasteiger partial charge >= 0.3 is 0 Å². The molecule has 0 aliphatic carbocycles. The molecule has 0 unspecified atom stereocenters. The van der Waals surface area contributed by atoms with Gasteiger partial charge in [-0.15, -0.1) is 0 Å². The van der Waals surface area contributed by atoms with Gasteiger partial charge in [0.2, 0.25) is 0 Å². The van der Waals surface area contributed by atoms with Gasteiger partial charge in [-0.05, 0) is 38.3 Å². The van der Waals surface area contributed by atoms with Gasteiger partial charge in [0, 0.05) is 31.2 Å². The highest BCUT2D eigenvalue weighted by Crippen LogP contribution is 2.27. The molecule has 3 rings (SSSR count). The smallest absolute Gasteiger partial charge is 0.271 e. The topological polar surface area (TPSA) is 67.2 Å². The zero-order valence-electron chi connectivity index (χ0n) is 13.1. The molecule has 0 aromatic carbocycles. The summed E-state index contributed by atoms with van der Waals surface area (Å²) in [6.07, 6.45) is 5.49. The Hall–Kier alpha value is -1.69. The molecule has 0 saturated carbocycles. The van der Waals surface area contributed by atoms with E-state index in [1.165, 1.54) is 29.7 Å². The quantitative estimate of drug-likeness (QED) is 0.901. The lowest BCUT2D eigenvalue weighted by Gasteiger charge is -2.32. The van der Waals surface area contributed by atoms with Crippen molar-refractivity contribution in [1.82, 2.24) is 20.0 Å². The third-order valence-electron chi connectivity index (χ3n) is 4.71. The van der Waals surface area contributed by atoms with E-state index in [9.17, 15) is 9.59 Å². The van der Waals surface area contributed by atoms with Crippen molar-refractivity contribution >= 4 is 5.91 Å². The van der Waals surface area contributed by atoms with Crippen molar-refractivity contribution in [2.45, 2.75) is 57.7 Å². The summed E-state index contributed by atoms with van der Waals surface area (Å²) < 4.78 is 1.37. The summed E-state index contributed by atoms with van der Waals surface area (Å²) in [4.78, 5) is 26.6. The van der Waals surface area contributed by atoms with Crippen LogP contribution in [-0.4, -0.2) is 45.8 Å². The van der Waals surface area contributed by atoms with E-state index < -0.39 is 0 Å². The number of carbonyl (C=O) groups excluding carboxylic acids is 1. The van der Waals surface area contributed by atoms with Gasteiger partial charge in [0.1, 0.15) is 5.69 Å². The highest BCUT2D eigenvalue weighted by molar-refractivity contribution is 5.92. The summed E-state index contributed by atoms with van der Waals surface area (Å²) in [5.74, 6) is -0.165. The molecule has 2 aliphatic heterocycles. The molecular formula is C16H24N4O2. The number of fused-ring (bicyclic) bond motifs is 1. The predicted molar refractivity (Wildman–Crippen MR) is 83.9 cm³/mol. The van der Waals surface area contributed by atoms with Crippen LogP contribution in [0, 0.1) is 0 Å². The van der Waals surface area contributed by atoms with E-state index in [1.807, 2.05) is 6.92 Å². The van der Waals surface area contributed by atoms with Crippen LogP contribution in [0.15, 0.2) is 16.9 Å². The second kappa shape index (κ2) is 6.60. The van der Waals surface area contributed by atoms with Crippen molar-refractivity contribution in [2.24, 2.45) is 0 Å². The third kappa shape index (κ3) is 3.06. The summed E-state index contributed by atoms with van der Waals surface area (Å²) in [6, 6.07) is 3.64. The minimum atomic E-state index is -0.165. The number of hydrogen-bond donors (Lipinski definition) is 1. The molecule has 1 amide bonds. The van der Waals surface area contributed by atoms with Crippen LogP contribution in [0.2, 0.25) is 0 Å². The van der Waals surface area contributed by atoms with Gasteiger partial charge in [-0.1, -0.05) is 13.3 Å². The number of amides is 1. The molecule has 1 aromatic rings. The Balaban J connectivity index is 1.69. The maximum Gasteiger partial charge on any atom is 0.271 e. The standard InChI is InChI=1S/C16H24N4O2/c1-2-9-20-15(21)7-6-13(18-20)16(22)17-12-8-11-19-10-4-3-5-14(12)19/h6-7,12,14H,2-5,8-11H2,1H3,(H,17,22)/t12-,14+/m0/s1. The first-order chi connectivity index (χ1) is 10.7. The molecule has 2 atom stereocenters. The fourth-order valence-electron chi connectivity index (χ4n) is 3.60. The molecule has 1 aromatic heterocycles. The summed E-state index contributed by atoms with van der Waals surface area (Å²) >= 11 is 0. The average Bonchev–Trinajstić information content (AvgIpc) is 2.93. The number of rotatable bonds is 4. The molecule has 3 heterocycles. The van der Waals surface area contributed by atoms with Crippen molar-refractivity contribution in [1.29, 1.82) is 0 Å². The Morgan fingerprint density at radius 3 is 3.00 bits per heavy atom. The van der Waals surface area contributed by atoms with Crippen LogP contribution >= 0.6 is 0 Å². The zero-order valence-corrected chi connectivity index (χ0v) is 13.1. The van der Waals surface area contributed by atoms with Gasteiger partial charge < -0.3 is 5.32 Å². The lowest BCUT2D eigenvalue weighted by molar-refractivity contribution is 0.0907. The third-order valence-corrected chi connectivity index (χ3v) is 4.71. The number of piperidine rings is 1. The molecule has 6 nitrogen and oxygen atoms in total.